The molecule has 0 spiro atoms. The molecule has 0 atom stereocenters. The highest BCUT2D eigenvalue weighted by Gasteiger charge is 2.34. The summed E-state index contributed by atoms with van der Waals surface area (Å²) in [6, 6.07) is 0.520. The predicted molar refractivity (Wildman–Crippen MR) is 98.9 cm³/mol. The SMILES string of the molecule is CC(=O)Nc1ncc(S(=O)(=O)N2CCC(Nc3nccc(C(F)(F)F)n3)CC2)s1. The average molecular weight is 450 g/mol. The van der Waals surface area contributed by atoms with Crippen molar-refractivity contribution in [2.24, 2.45) is 0 Å². The summed E-state index contributed by atoms with van der Waals surface area (Å²) in [6.45, 7) is 1.64. The summed E-state index contributed by atoms with van der Waals surface area (Å²) in [7, 11) is -3.77. The number of piperidine rings is 1. The van der Waals surface area contributed by atoms with E-state index < -0.39 is 21.9 Å². The molecule has 1 fully saturated rings. The van der Waals surface area contributed by atoms with Crippen LogP contribution in [0.5, 0.6) is 0 Å². The van der Waals surface area contributed by atoms with Crippen LogP contribution in [-0.4, -0.2) is 52.7 Å². The van der Waals surface area contributed by atoms with E-state index in [1.165, 1.54) is 17.4 Å². The van der Waals surface area contributed by atoms with E-state index in [2.05, 4.69) is 25.6 Å². The Morgan fingerprint density at radius 3 is 2.59 bits per heavy atom. The fourth-order valence-electron chi connectivity index (χ4n) is 2.72. The van der Waals surface area contributed by atoms with Crippen LogP contribution < -0.4 is 10.6 Å². The minimum Gasteiger partial charge on any atom is -0.351 e. The van der Waals surface area contributed by atoms with E-state index in [1.54, 1.807) is 0 Å². The molecular formula is C15H17F3N6O3S2. The Morgan fingerprint density at radius 2 is 1.97 bits per heavy atom. The molecule has 158 valence electrons. The smallest absolute Gasteiger partial charge is 0.351 e. The number of rotatable bonds is 5. The van der Waals surface area contributed by atoms with Crippen LogP contribution in [0.4, 0.5) is 24.3 Å². The van der Waals surface area contributed by atoms with Gasteiger partial charge in [-0.2, -0.15) is 17.5 Å². The molecule has 0 aliphatic carbocycles. The molecule has 14 heteroatoms. The topological polar surface area (TPSA) is 117 Å². The highest BCUT2D eigenvalue weighted by molar-refractivity contribution is 7.91. The van der Waals surface area contributed by atoms with Crippen molar-refractivity contribution >= 4 is 38.3 Å². The lowest BCUT2D eigenvalue weighted by atomic mass is 10.1. The number of carbonyl (C=O) groups is 1. The molecule has 29 heavy (non-hydrogen) atoms. The monoisotopic (exact) mass is 450 g/mol. The van der Waals surface area contributed by atoms with Gasteiger partial charge in [-0.3, -0.25) is 4.79 Å². The summed E-state index contributed by atoms with van der Waals surface area (Å²) in [5.41, 5.74) is -1.05. The average Bonchev–Trinajstić information content (AvgIpc) is 3.10. The quantitative estimate of drug-likeness (QED) is 0.717. The van der Waals surface area contributed by atoms with Crippen LogP contribution >= 0.6 is 11.3 Å². The number of thiazole rings is 1. The molecule has 1 amide bonds. The molecule has 0 saturated carbocycles. The lowest BCUT2D eigenvalue weighted by molar-refractivity contribution is -0.141. The molecule has 2 N–H and O–H groups in total. The Balaban J connectivity index is 1.61. The van der Waals surface area contributed by atoms with Crippen LogP contribution in [0.15, 0.2) is 22.7 Å². The Bertz CT molecular complexity index is 987. The van der Waals surface area contributed by atoms with Crippen molar-refractivity contribution < 1.29 is 26.4 Å². The third kappa shape index (κ3) is 5.19. The van der Waals surface area contributed by atoms with Gasteiger partial charge >= 0.3 is 6.18 Å². The second kappa shape index (κ2) is 8.20. The number of carbonyl (C=O) groups excluding carboxylic acids is 1. The Labute approximate surface area is 168 Å². The number of alkyl halides is 3. The van der Waals surface area contributed by atoms with Gasteiger partial charge in [0.25, 0.3) is 10.0 Å². The van der Waals surface area contributed by atoms with E-state index in [0.717, 1.165) is 23.6 Å². The highest BCUT2D eigenvalue weighted by Crippen LogP contribution is 2.29. The van der Waals surface area contributed by atoms with Gasteiger partial charge in [-0.25, -0.2) is 23.4 Å². The van der Waals surface area contributed by atoms with Crippen LogP contribution in [0.25, 0.3) is 0 Å². The number of amides is 1. The van der Waals surface area contributed by atoms with Crippen LogP contribution in [0.3, 0.4) is 0 Å². The van der Waals surface area contributed by atoms with Crippen molar-refractivity contribution in [3.63, 3.8) is 0 Å². The summed E-state index contributed by atoms with van der Waals surface area (Å²) >= 11 is 0.854. The zero-order valence-corrected chi connectivity index (χ0v) is 16.7. The predicted octanol–water partition coefficient (Wildman–Crippen LogP) is 2.18. The van der Waals surface area contributed by atoms with E-state index >= 15 is 0 Å². The van der Waals surface area contributed by atoms with Crippen molar-refractivity contribution in [3.05, 3.63) is 24.2 Å². The van der Waals surface area contributed by atoms with Gasteiger partial charge < -0.3 is 10.6 Å². The minimum atomic E-state index is -4.57. The van der Waals surface area contributed by atoms with Crippen LogP contribution in [0.2, 0.25) is 0 Å². The Hall–Kier alpha value is -2.32. The molecule has 0 bridgehead atoms. The normalized spacial score (nSPS) is 16.6. The lowest BCUT2D eigenvalue weighted by Crippen LogP contribution is -2.42. The summed E-state index contributed by atoms with van der Waals surface area (Å²) < 4.78 is 65.0. The molecule has 0 radical (unpaired) electrons. The molecular weight excluding hydrogens is 433 g/mol. The first kappa shape index (κ1) is 21.4. The van der Waals surface area contributed by atoms with E-state index in [4.69, 9.17) is 0 Å². The number of halogens is 3. The number of nitrogens with zero attached hydrogens (tertiary/aromatic N) is 4. The third-order valence-electron chi connectivity index (χ3n) is 4.09. The lowest BCUT2D eigenvalue weighted by Gasteiger charge is -2.31. The van der Waals surface area contributed by atoms with Crippen LogP contribution in [0.1, 0.15) is 25.5 Å². The summed E-state index contributed by atoms with van der Waals surface area (Å²) in [5.74, 6) is -0.504. The van der Waals surface area contributed by atoms with Gasteiger partial charge in [0.2, 0.25) is 11.9 Å². The van der Waals surface area contributed by atoms with Gasteiger partial charge in [0.1, 0.15) is 5.69 Å². The van der Waals surface area contributed by atoms with Gasteiger partial charge in [-0.15, -0.1) is 0 Å². The molecule has 2 aromatic heterocycles. The molecule has 1 aliphatic heterocycles. The summed E-state index contributed by atoms with van der Waals surface area (Å²) in [6.07, 6.45) is -1.62. The van der Waals surface area contributed by atoms with Gasteiger partial charge in [-0.1, -0.05) is 11.3 Å². The molecule has 0 aromatic carbocycles. The first-order chi connectivity index (χ1) is 13.6. The van der Waals surface area contributed by atoms with Gasteiger partial charge in [0.05, 0.1) is 6.20 Å². The van der Waals surface area contributed by atoms with E-state index in [9.17, 15) is 26.4 Å². The van der Waals surface area contributed by atoms with Gasteiger partial charge in [0, 0.05) is 32.3 Å². The van der Waals surface area contributed by atoms with Gasteiger partial charge in [0.15, 0.2) is 9.34 Å². The van der Waals surface area contributed by atoms with Crippen molar-refractivity contribution in [1.82, 2.24) is 19.3 Å². The fourth-order valence-corrected chi connectivity index (χ4v) is 5.43. The van der Waals surface area contributed by atoms with Gasteiger partial charge in [-0.05, 0) is 18.9 Å². The van der Waals surface area contributed by atoms with Crippen molar-refractivity contribution in [1.29, 1.82) is 0 Å². The number of hydrogen-bond donors (Lipinski definition) is 2. The second-order valence-electron chi connectivity index (χ2n) is 6.25. The molecule has 3 heterocycles. The number of anilines is 2. The number of nitrogens with one attached hydrogen (secondary N) is 2. The van der Waals surface area contributed by atoms with Crippen LogP contribution in [-0.2, 0) is 21.0 Å². The summed E-state index contributed by atoms with van der Waals surface area (Å²) in [5, 5.41) is 5.45. The fraction of sp³-hybridized carbons (Fsp3) is 0.467. The number of hydrogen-bond acceptors (Lipinski definition) is 8. The first-order valence-corrected chi connectivity index (χ1v) is 10.7. The molecule has 1 aliphatic rings. The van der Waals surface area contributed by atoms with E-state index in [-0.39, 0.29) is 40.3 Å². The zero-order chi connectivity index (χ0) is 21.2. The number of aromatic nitrogens is 3. The maximum absolute atomic E-state index is 12.7. The molecule has 0 unspecified atom stereocenters. The standard InChI is InChI=1S/C15H17F3N6O3S2/c1-9(25)21-14-20-8-12(28-14)29(26,27)24-6-3-10(4-7-24)22-13-19-5-2-11(23-13)15(16,17)18/h2,5,8,10H,3-4,6-7H2,1H3,(H,19,22,23)(H,20,21,25). The second-order valence-corrected chi connectivity index (χ2v) is 9.45. The molecule has 9 nitrogen and oxygen atoms in total. The number of sulfonamides is 1. The van der Waals surface area contributed by atoms with Crippen LogP contribution in [0, 0.1) is 0 Å². The zero-order valence-electron chi connectivity index (χ0n) is 15.1. The minimum absolute atomic E-state index is 0.00821. The maximum Gasteiger partial charge on any atom is 0.433 e. The third-order valence-corrected chi connectivity index (χ3v) is 7.34. The maximum atomic E-state index is 12.7. The Morgan fingerprint density at radius 1 is 1.28 bits per heavy atom. The highest BCUT2D eigenvalue weighted by atomic mass is 32.2. The van der Waals surface area contributed by atoms with Crippen molar-refractivity contribution in [3.8, 4) is 0 Å². The largest absolute Gasteiger partial charge is 0.433 e. The molecule has 3 rings (SSSR count). The van der Waals surface area contributed by atoms with Crippen molar-refractivity contribution in [2.75, 3.05) is 23.7 Å². The first-order valence-electron chi connectivity index (χ1n) is 8.46. The molecule has 1 saturated heterocycles. The molecule has 2 aromatic rings. The Kier molecular flexibility index (Phi) is 6.05. The van der Waals surface area contributed by atoms with E-state index in [0.29, 0.717) is 12.8 Å². The van der Waals surface area contributed by atoms with E-state index in [1.807, 2.05) is 0 Å². The summed E-state index contributed by atoms with van der Waals surface area (Å²) in [4.78, 5) is 22.2. The van der Waals surface area contributed by atoms with Crippen molar-refractivity contribution in [2.45, 2.75) is 36.2 Å².